The number of aryl methyl sites for hydroxylation is 1. The predicted octanol–water partition coefficient (Wildman–Crippen LogP) is 3.22. The molecule has 0 heterocycles. The van der Waals surface area contributed by atoms with Crippen LogP contribution in [-0.2, 0) is 11.2 Å². The number of hydrogen-bond donors (Lipinski definition) is 1. The molecule has 2 N–H and O–H groups in total. The van der Waals surface area contributed by atoms with Crippen molar-refractivity contribution < 1.29 is 17.9 Å². The van der Waals surface area contributed by atoms with Crippen LogP contribution in [0.5, 0.6) is 0 Å². The Labute approximate surface area is 105 Å². The van der Waals surface area contributed by atoms with E-state index in [1.165, 1.54) is 0 Å². The molecule has 1 aromatic rings. The molecule has 0 aliphatic carbocycles. The molecule has 0 aromatic heterocycles. The van der Waals surface area contributed by atoms with Crippen LogP contribution in [0.15, 0.2) is 24.3 Å². The van der Waals surface area contributed by atoms with Crippen LogP contribution in [0, 0.1) is 0 Å². The monoisotopic (exact) mass is 261 g/mol. The number of ether oxygens (including phenoxy) is 1. The summed E-state index contributed by atoms with van der Waals surface area (Å²) in [7, 11) is 0. The summed E-state index contributed by atoms with van der Waals surface area (Å²) in [6.07, 6.45) is -2.35. The maximum Gasteiger partial charge on any atom is 0.411 e. The Balaban J connectivity index is 2.50. The van der Waals surface area contributed by atoms with Gasteiger partial charge in [0.15, 0.2) is 0 Å². The first-order chi connectivity index (χ1) is 8.42. The molecule has 1 rings (SSSR count). The lowest BCUT2D eigenvalue weighted by Crippen LogP contribution is -2.23. The summed E-state index contributed by atoms with van der Waals surface area (Å²) >= 11 is 0. The summed E-state index contributed by atoms with van der Waals surface area (Å²) in [6.45, 7) is 0.684. The first kappa shape index (κ1) is 15.0. The largest absolute Gasteiger partial charge is 0.411 e. The highest BCUT2D eigenvalue weighted by Gasteiger charge is 2.27. The van der Waals surface area contributed by atoms with Crippen LogP contribution < -0.4 is 5.73 Å². The van der Waals surface area contributed by atoms with Crippen molar-refractivity contribution >= 4 is 0 Å². The van der Waals surface area contributed by atoms with Crippen molar-refractivity contribution in [2.75, 3.05) is 13.2 Å². The normalized spacial score (nSPS) is 13.6. The first-order valence-electron chi connectivity index (χ1n) is 5.91. The maximum absolute atomic E-state index is 11.9. The van der Waals surface area contributed by atoms with Crippen molar-refractivity contribution in [2.45, 2.75) is 32.0 Å². The quantitative estimate of drug-likeness (QED) is 0.853. The van der Waals surface area contributed by atoms with Crippen molar-refractivity contribution in [3.8, 4) is 0 Å². The minimum absolute atomic E-state index is 0.130. The Morgan fingerprint density at radius 2 is 2.06 bits per heavy atom. The lowest BCUT2D eigenvalue weighted by Gasteiger charge is -2.14. The molecule has 0 saturated heterocycles. The van der Waals surface area contributed by atoms with Gasteiger partial charge in [0.1, 0.15) is 6.61 Å². The molecule has 0 aliphatic heterocycles. The van der Waals surface area contributed by atoms with Crippen LogP contribution >= 0.6 is 0 Å². The van der Waals surface area contributed by atoms with E-state index in [4.69, 9.17) is 5.73 Å². The fourth-order valence-corrected chi connectivity index (χ4v) is 1.67. The van der Waals surface area contributed by atoms with E-state index in [0.29, 0.717) is 0 Å². The predicted molar refractivity (Wildman–Crippen MR) is 64.2 cm³/mol. The molecule has 0 aliphatic rings. The van der Waals surface area contributed by atoms with E-state index < -0.39 is 18.8 Å². The molecule has 0 saturated carbocycles. The van der Waals surface area contributed by atoms with Gasteiger partial charge in [0.25, 0.3) is 0 Å². The van der Waals surface area contributed by atoms with Gasteiger partial charge in [-0.3, -0.25) is 0 Å². The average molecular weight is 261 g/mol. The smallest absolute Gasteiger partial charge is 0.370 e. The second-order valence-electron chi connectivity index (χ2n) is 4.23. The molecule has 5 heteroatoms. The number of halogens is 3. The van der Waals surface area contributed by atoms with Gasteiger partial charge in [-0.15, -0.1) is 0 Å². The van der Waals surface area contributed by atoms with Gasteiger partial charge < -0.3 is 10.5 Å². The minimum atomic E-state index is -4.30. The standard InChI is InChI=1S/C13H18F3NO/c1-2-4-10-5-3-6-11(7-10)12(17)8-18-9-13(14,15)16/h3,5-7,12H,2,4,8-9,17H2,1H3. The lowest BCUT2D eigenvalue weighted by atomic mass is 10.0. The molecular weight excluding hydrogens is 243 g/mol. The number of hydrogen-bond acceptors (Lipinski definition) is 2. The third-order valence-electron chi connectivity index (χ3n) is 2.48. The zero-order valence-electron chi connectivity index (χ0n) is 10.3. The Hall–Kier alpha value is -1.07. The van der Waals surface area contributed by atoms with Crippen molar-refractivity contribution in [3.63, 3.8) is 0 Å². The van der Waals surface area contributed by atoms with Gasteiger partial charge in [0.2, 0.25) is 0 Å². The van der Waals surface area contributed by atoms with Crippen LogP contribution in [0.4, 0.5) is 13.2 Å². The second-order valence-corrected chi connectivity index (χ2v) is 4.23. The molecule has 102 valence electrons. The van der Waals surface area contributed by atoms with Crippen molar-refractivity contribution in [2.24, 2.45) is 5.73 Å². The Kier molecular flexibility index (Phi) is 5.62. The van der Waals surface area contributed by atoms with Crippen LogP contribution in [0.2, 0.25) is 0 Å². The van der Waals surface area contributed by atoms with Gasteiger partial charge in [-0.1, -0.05) is 37.6 Å². The van der Waals surface area contributed by atoms with E-state index in [-0.39, 0.29) is 6.61 Å². The summed E-state index contributed by atoms with van der Waals surface area (Å²) in [4.78, 5) is 0. The highest BCUT2D eigenvalue weighted by atomic mass is 19.4. The topological polar surface area (TPSA) is 35.2 Å². The van der Waals surface area contributed by atoms with Gasteiger partial charge in [-0.2, -0.15) is 13.2 Å². The molecule has 1 aromatic carbocycles. The molecule has 0 fully saturated rings. The van der Waals surface area contributed by atoms with Gasteiger partial charge in [-0.05, 0) is 17.5 Å². The fraction of sp³-hybridized carbons (Fsp3) is 0.538. The summed E-state index contributed by atoms with van der Waals surface area (Å²) in [6, 6.07) is 7.05. The van der Waals surface area contributed by atoms with Crippen molar-refractivity contribution in [3.05, 3.63) is 35.4 Å². The minimum Gasteiger partial charge on any atom is -0.370 e. The molecule has 18 heavy (non-hydrogen) atoms. The zero-order valence-corrected chi connectivity index (χ0v) is 10.3. The molecule has 1 unspecified atom stereocenters. The fourth-order valence-electron chi connectivity index (χ4n) is 1.67. The first-order valence-corrected chi connectivity index (χ1v) is 5.91. The number of alkyl halides is 3. The van der Waals surface area contributed by atoms with Crippen LogP contribution in [-0.4, -0.2) is 19.4 Å². The average Bonchev–Trinajstić information content (AvgIpc) is 2.28. The Morgan fingerprint density at radius 1 is 1.33 bits per heavy atom. The van der Waals surface area contributed by atoms with Gasteiger partial charge in [-0.25, -0.2) is 0 Å². The molecule has 0 bridgehead atoms. The third-order valence-corrected chi connectivity index (χ3v) is 2.48. The summed E-state index contributed by atoms with van der Waals surface area (Å²) in [5, 5.41) is 0. The number of rotatable bonds is 6. The zero-order chi connectivity index (χ0) is 13.6. The highest BCUT2D eigenvalue weighted by molar-refractivity contribution is 5.26. The lowest BCUT2D eigenvalue weighted by molar-refractivity contribution is -0.174. The maximum atomic E-state index is 11.9. The van der Waals surface area contributed by atoms with E-state index in [1.807, 2.05) is 18.2 Å². The molecule has 2 nitrogen and oxygen atoms in total. The van der Waals surface area contributed by atoms with Crippen molar-refractivity contribution in [1.29, 1.82) is 0 Å². The number of benzene rings is 1. The van der Waals surface area contributed by atoms with Gasteiger partial charge in [0.05, 0.1) is 12.6 Å². The SMILES string of the molecule is CCCc1cccc(C(N)COCC(F)(F)F)c1. The summed E-state index contributed by atoms with van der Waals surface area (Å²) in [5.41, 5.74) is 7.75. The van der Waals surface area contributed by atoms with Crippen LogP contribution in [0.3, 0.4) is 0 Å². The third kappa shape index (κ3) is 5.51. The van der Waals surface area contributed by atoms with Crippen LogP contribution in [0.1, 0.15) is 30.5 Å². The second kappa shape index (κ2) is 6.75. The van der Waals surface area contributed by atoms with E-state index in [9.17, 15) is 13.2 Å². The molecule has 0 spiro atoms. The van der Waals surface area contributed by atoms with E-state index in [2.05, 4.69) is 11.7 Å². The van der Waals surface area contributed by atoms with Crippen LogP contribution in [0.25, 0.3) is 0 Å². The highest BCUT2D eigenvalue weighted by Crippen LogP contribution is 2.17. The Morgan fingerprint density at radius 3 is 2.67 bits per heavy atom. The van der Waals surface area contributed by atoms with E-state index in [0.717, 1.165) is 24.0 Å². The molecular formula is C13H18F3NO. The number of nitrogens with two attached hydrogens (primary N) is 1. The molecule has 0 radical (unpaired) electrons. The van der Waals surface area contributed by atoms with E-state index >= 15 is 0 Å². The molecule has 0 amide bonds. The summed E-state index contributed by atoms with van der Waals surface area (Å²) in [5.74, 6) is 0. The molecule has 1 atom stereocenters. The van der Waals surface area contributed by atoms with E-state index in [1.54, 1.807) is 6.07 Å². The summed E-state index contributed by atoms with van der Waals surface area (Å²) < 4.78 is 40.3. The van der Waals surface area contributed by atoms with Gasteiger partial charge >= 0.3 is 6.18 Å². The Bertz CT molecular complexity index is 365. The van der Waals surface area contributed by atoms with Crippen molar-refractivity contribution in [1.82, 2.24) is 0 Å². The van der Waals surface area contributed by atoms with Gasteiger partial charge in [0, 0.05) is 0 Å².